The Morgan fingerprint density at radius 3 is 1.58 bits per heavy atom. The molecule has 0 unspecified atom stereocenters. The molecule has 0 fully saturated rings. The number of fused-ring (bicyclic) bond motifs is 1. The zero-order valence-corrected chi connectivity index (χ0v) is 17.0. The van der Waals surface area contributed by atoms with E-state index >= 15 is 0 Å². The van der Waals surface area contributed by atoms with E-state index in [0.29, 0.717) is 0 Å². The zero-order valence-electron chi connectivity index (χ0n) is 17.0. The molecule has 0 radical (unpaired) electrons. The van der Waals surface area contributed by atoms with Crippen LogP contribution in [0.5, 0.6) is 0 Å². The van der Waals surface area contributed by atoms with E-state index in [-0.39, 0.29) is 0 Å². The van der Waals surface area contributed by atoms with Crippen LogP contribution < -0.4 is 4.90 Å². The Labute approximate surface area is 182 Å². The minimum absolute atomic E-state index is 0.718. The van der Waals surface area contributed by atoms with Crippen LogP contribution in [0.2, 0.25) is 0 Å². The highest BCUT2D eigenvalue weighted by Gasteiger charge is 2.13. The summed E-state index contributed by atoms with van der Waals surface area (Å²) in [5.74, 6) is 0. The Morgan fingerprint density at radius 1 is 0.484 bits per heavy atom. The van der Waals surface area contributed by atoms with Crippen LogP contribution in [0.4, 0.5) is 17.1 Å². The maximum atomic E-state index is 11.5. The van der Waals surface area contributed by atoms with Crippen molar-refractivity contribution in [2.45, 2.75) is 0 Å². The highest BCUT2D eigenvalue weighted by Crippen LogP contribution is 2.36. The van der Waals surface area contributed by atoms with Gasteiger partial charge in [-0.3, -0.25) is 4.79 Å². The molecule has 5 aromatic rings. The fourth-order valence-corrected chi connectivity index (χ4v) is 4.07. The Hall–Kier alpha value is -4.17. The second-order valence-corrected chi connectivity index (χ2v) is 7.42. The first-order valence-electron chi connectivity index (χ1n) is 10.3. The molecule has 0 spiro atoms. The van der Waals surface area contributed by atoms with Gasteiger partial charge in [0.2, 0.25) is 0 Å². The number of hydrogen-bond acceptors (Lipinski definition) is 2. The van der Waals surface area contributed by atoms with Crippen molar-refractivity contribution in [2.24, 2.45) is 0 Å². The average Bonchev–Trinajstić information content (AvgIpc) is 2.85. The number of para-hydroxylation sites is 2. The summed E-state index contributed by atoms with van der Waals surface area (Å²) in [6.45, 7) is 0. The minimum atomic E-state index is 0.718. The average molecular weight is 399 g/mol. The van der Waals surface area contributed by atoms with Gasteiger partial charge in [0.15, 0.2) is 6.29 Å². The van der Waals surface area contributed by atoms with Gasteiger partial charge in [-0.05, 0) is 58.3 Å². The third kappa shape index (κ3) is 3.60. The topological polar surface area (TPSA) is 20.3 Å². The Bertz CT molecular complexity index is 1290. The Morgan fingerprint density at radius 2 is 1.00 bits per heavy atom. The summed E-state index contributed by atoms with van der Waals surface area (Å²) in [5, 5.41) is 2.07. The standard InChI is InChI=1S/C29H21NO/c31-21-23-17-20-28(29-14-8-7-13-27(23)29)22-15-18-26(19-16-22)30(24-9-3-1-4-10-24)25-11-5-2-6-12-25/h1-21H. The molecule has 0 bridgehead atoms. The van der Waals surface area contributed by atoms with Crippen molar-refractivity contribution in [3.05, 3.63) is 127 Å². The molecule has 2 heteroatoms. The van der Waals surface area contributed by atoms with Crippen LogP contribution in [0.3, 0.4) is 0 Å². The molecular formula is C29H21NO. The fourth-order valence-electron chi connectivity index (χ4n) is 4.07. The van der Waals surface area contributed by atoms with Crippen molar-refractivity contribution < 1.29 is 4.79 Å². The van der Waals surface area contributed by atoms with E-state index in [4.69, 9.17) is 0 Å². The van der Waals surface area contributed by atoms with Crippen LogP contribution in [-0.4, -0.2) is 6.29 Å². The highest BCUT2D eigenvalue weighted by molar-refractivity contribution is 6.05. The van der Waals surface area contributed by atoms with E-state index in [9.17, 15) is 4.79 Å². The van der Waals surface area contributed by atoms with Crippen LogP contribution in [-0.2, 0) is 0 Å². The van der Waals surface area contributed by atoms with Crippen LogP contribution in [0, 0.1) is 0 Å². The van der Waals surface area contributed by atoms with E-state index < -0.39 is 0 Å². The van der Waals surface area contributed by atoms with E-state index in [1.165, 1.54) is 0 Å². The van der Waals surface area contributed by atoms with Gasteiger partial charge >= 0.3 is 0 Å². The summed E-state index contributed by atoms with van der Waals surface area (Å²) in [4.78, 5) is 13.7. The van der Waals surface area contributed by atoms with Gasteiger partial charge in [-0.25, -0.2) is 0 Å². The van der Waals surface area contributed by atoms with E-state index in [0.717, 1.165) is 50.8 Å². The van der Waals surface area contributed by atoms with E-state index in [2.05, 4.69) is 83.8 Å². The second-order valence-electron chi connectivity index (χ2n) is 7.42. The first-order chi connectivity index (χ1) is 15.3. The number of nitrogens with zero attached hydrogens (tertiary/aromatic N) is 1. The summed E-state index contributed by atoms with van der Waals surface area (Å²) in [7, 11) is 0. The lowest BCUT2D eigenvalue weighted by atomic mass is 9.95. The van der Waals surface area contributed by atoms with Crippen molar-refractivity contribution in [2.75, 3.05) is 4.90 Å². The number of anilines is 3. The summed E-state index contributed by atoms with van der Waals surface area (Å²) >= 11 is 0. The lowest BCUT2D eigenvalue weighted by molar-refractivity contribution is 0.112. The molecule has 5 rings (SSSR count). The number of carbonyl (C=O) groups excluding carboxylic acids is 1. The van der Waals surface area contributed by atoms with Crippen molar-refractivity contribution in [1.82, 2.24) is 0 Å². The van der Waals surface area contributed by atoms with Gasteiger partial charge in [-0.2, -0.15) is 0 Å². The summed E-state index contributed by atoms with van der Waals surface area (Å²) < 4.78 is 0. The molecular weight excluding hydrogens is 378 g/mol. The van der Waals surface area contributed by atoms with Crippen LogP contribution >= 0.6 is 0 Å². The predicted molar refractivity (Wildman–Crippen MR) is 129 cm³/mol. The second kappa shape index (κ2) is 8.29. The van der Waals surface area contributed by atoms with Gasteiger partial charge in [0.25, 0.3) is 0 Å². The normalized spacial score (nSPS) is 10.7. The molecule has 0 aliphatic carbocycles. The largest absolute Gasteiger partial charge is 0.311 e. The molecule has 0 aliphatic heterocycles. The molecule has 0 aliphatic rings. The summed E-state index contributed by atoms with van der Waals surface area (Å²) in [6.07, 6.45) is 0.923. The third-order valence-corrected chi connectivity index (χ3v) is 5.55. The SMILES string of the molecule is O=Cc1ccc(-c2ccc(N(c3ccccc3)c3ccccc3)cc2)c2ccccc12. The number of carbonyl (C=O) groups is 1. The Balaban J connectivity index is 1.60. The van der Waals surface area contributed by atoms with Gasteiger partial charge in [-0.1, -0.05) is 84.9 Å². The predicted octanol–water partition coefficient (Wildman–Crippen LogP) is 7.79. The maximum Gasteiger partial charge on any atom is 0.150 e. The lowest BCUT2D eigenvalue weighted by Gasteiger charge is -2.25. The third-order valence-electron chi connectivity index (χ3n) is 5.55. The van der Waals surface area contributed by atoms with Gasteiger partial charge < -0.3 is 4.90 Å². The van der Waals surface area contributed by atoms with Crippen molar-refractivity contribution in [3.63, 3.8) is 0 Å². The fraction of sp³-hybridized carbons (Fsp3) is 0. The molecule has 148 valence electrons. The van der Waals surface area contributed by atoms with Crippen LogP contribution in [0.1, 0.15) is 10.4 Å². The van der Waals surface area contributed by atoms with Gasteiger partial charge in [0, 0.05) is 22.6 Å². The van der Waals surface area contributed by atoms with Crippen LogP contribution in [0.15, 0.2) is 121 Å². The number of rotatable bonds is 5. The number of aldehydes is 1. The highest BCUT2D eigenvalue weighted by atomic mass is 16.1. The molecule has 0 saturated carbocycles. The lowest BCUT2D eigenvalue weighted by Crippen LogP contribution is -2.09. The van der Waals surface area contributed by atoms with Crippen molar-refractivity contribution >= 4 is 34.1 Å². The van der Waals surface area contributed by atoms with Crippen LogP contribution in [0.25, 0.3) is 21.9 Å². The van der Waals surface area contributed by atoms with E-state index in [1.807, 2.05) is 42.5 Å². The molecule has 0 atom stereocenters. The first kappa shape index (κ1) is 18.8. The maximum absolute atomic E-state index is 11.5. The van der Waals surface area contributed by atoms with Gasteiger partial charge in [0.05, 0.1) is 0 Å². The Kier molecular flexibility index (Phi) is 5.04. The molecule has 2 nitrogen and oxygen atoms in total. The number of hydrogen-bond donors (Lipinski definition) is 0. The molecule has 0 saturated heterocycles. The van der Waals surface area contributed by atoms with Crippen molar-refractivity contribution in [3.8, 4) is 11.1 Å². The first-order valence-corrected chi connectivity index (χ1v) is 10.3. The van der Waals surface area contributed by atoms with Crippen molar-refractivity contribution in [1.29, 1.82) is 0 Å². The molecule has 31 heavy (non-hydrogen) atoms. The molecule has 0 amide bonds. The summed E-state index contributed by atoms with van der Waals surface area (Å²) in [6, 6.07) is 41.4. The molecule has 0 aromatic heterocycles. The molecule has 5 aromatic carbocycles. The van der Waals surface area contributed by atoms with Gasteiger partial charge in [-0.15, -0.1) is 0 Å². The van der Waals surface area contributed by atoms with E-state index in [1.54, 1.807) is 0 Å². The quantitative estimate of drug-likeness (QED) is 0.281. The zero-order chi connectivity index (χ0) is 21.0. The number of benzene rings is 5. The smallest absolute Gasteiger partial charge is 0.150 e. The van der Waals surface area contributed by atoms with Gasteiger partial charge in [0.1, 0.15) is 0 Å². The molecule has 0 N–H and O–H groups in total. The summed E-state index contributed by atoms with van der Waals surface area (Å²) in [5.41, 5.74) is 6.28. The monoisotopic (exact) mass is 399 g/mol. The molecule has 0 heterocycles. The minimum Gasteiger partial charge on any atom is -0.311 e.